The van der Waals surface area contributed by atoms with E-state index >= 15 is 0 Å². The second-order valence-electron chi connectivity index (χ2n) is 7.02. The maximum Gasteiger partial charge on any atom is 0.253 e. The van der Waals surface area contributed by atoms with Crippen LogP contribution in [-0.2, 0) is 4.79 Å². The van der Waals surface area contributed by atoms with Gasteiger partial charge in [-0.25, -0.2) is 0 Å². The average Bonchev–Trinajstić information content (AvgIpc) is 3.00. The molecular weight excluding hydrogens is 340 g/mol. The number of nitrogens with one attached hydrogen (secondary N) is 1. The molecule has 0 aliphatic carbocycles. The van der Waals surface area contributed by atoms with Gasteiger partial charge in [-0.3, -0.25) is 14.5 Å². The highest BCUT2D eigenvalue weighted by Gasteiger charge is 2.23. The first kappa shape index (κ1) is 19.2. The summed E-state index contributed by atoms with van der Waals surface area (Å²) in [7, 11) is 0. The number of likely N-dealkylation sites (N-methyl/N-ethyl adjacent to an activating group) is 1. The first-order valence-electron chi connectivity index (χ1n) is 9.53. The van der Waals surface area contributed by atoms with Gasteiger partial charge in [0.2, 0.25) is 5.91 Å². The van der Waals surface area contributed by atoms with E-state index in [2.05, 4.69) is 40.8 Å². The number of amides is 2. The second-order valence-corrected chi connectivity index (χ2v) is 7.02. The van der Waals surface area contributed by atoms with Gasteiger partial charge in [-0.15, -0.1) is 0 Å². The number of hydrogen-bond donors (Lipinski definition) is 1. The van der Waals surface area contributed by atoms with Crippen LogP contribution in [0.4, 0.5) is 0 Å². The van der Waals surface area contributed by atoms with Gasteiger partial charge in [0, 0.05) is 55.4 Å². The number of carbonyl (C=O) groups excluding carboxylic acids is 2. The Morgan fingerprint density at radius 3 is 2.07 bits per heavy atom. The summed E-state index contributed by atoms with van der Waals surface area (Å²) in [6.45, 7) is 9.86. The molecule has 0 radical (unpaired) electrons. The van der Waals surface area contributed by atoms with E-state index in [1.807, 2.05) is 36.1 Å². The summed E-state index contributed by atoms with van der Waals surface area (Å²) in [4.78, 5) is 28.4. The number of aryl methyl sites for hydroxylation is 2. The van der Waals surface area contributed by atoms with Crippen molar-refractivity contribution in [2.75, 3.05) is 39.3 Å². The van der Waals surface area contributed by atoms with Crippen LogP contribution >= 0.6 is 0 Å². The Kier molecular flexibility index (Phi) is 5.96. The van der Waals surface area contributed by atoms with Gasteiger partial charge in [-0.1, -0.05) is 0 Å². The summed E-state index contributed by atoms with van der Waals surface area (Å²) in [6, 6.07) is 12.0. The smallest absolute Gasteiger partial charge is 0.253 e. The van der Waals surface area contributed by atoms with Crippen LogP contribution in [0.5, 0.6) is 0 Å². The maximum absolute atomic E-state index is 12.8. The first-order chi connectivity index (χ1) is 13.0. The zero-order chi connectivity index (χ0) is 19.4. The molecule has 2 aromatic rings. The molecule has 1 aromatic heterocycles. The largest absolute Gasteiger partial charge is 0.355 e. The summed E-state index contributed by atoms with van der Waals surface area (Å²) in [5.74, 6) is 0.101. The Morgan fingerprint density at radius 1 is 0.926 bits per heavy atom. The lowest BCUT2D eigenvalue weighted by molar-refractivity contribution is -0.122. The number of nitrogens with zero attached hydrogens (tertiary/aromatic N) is 3. The van der Waals surface area contributed by atoms with Crippen LogP contribution in [0, 0.1) is 13.8 Å². The van der Waals surface area contributed by atoms with E-state index in [0.29, 0.717) is 31.7 Å². The van der Waals surface area contributed by atoms with Crippen molar-refractivity contribution in [1.82, 2.24) is 19.7 Å². The standard InChI is InChI=1S/C21H28N4O2/c1-4-22-20(26)15-23-11-13-24(14-12-23)21(27)18-7-9-19(10-8-18)25-16(2)5-6-17(25)3/h5-10H,4,11-15H2,1-3H3,(H,22,26). The fourth-order valence-corrected chi connectivity index (χ4v) is 3.58. The monoisotopic (exact) mass is 368 g/mol. The molecular formula is C21H28N4O2. The molecule has 27 heavy (non-hydrogen) atoms. The Hall–Kier alpha value is -2.60. The highest BCUT2D eigenvalue weighted by atomic mass is 16.2. The lowest BCUT2D eigenvalue weighted by Crippen LogP contribution is -2.51. The molecule has 2 heterocycles. The van der Waals surface area contributed by atoms with Crippen molar-refractivity contribution < 1.29 is 9.59 Å². The van der Waals surface area contributed by atoms with Gasteiger partial charge in [-0.2, -0.15) is 0 Å². The number of benzene rings is 1. The maximum atomic E-state index is 12.8. The fourth-order valence-electron chi connectivity index (χ4n) is 3.58. The molecule has 6 nitrogen and oxygen atoms in total. The van der Waals surface area contributed by atoms with Gasteiger partial charge in [-0.05, 0) is 57.2 Å². The third-order valence-electron chi connectivity index (χ3n) is 5.04. The van der Waals surface area contributed by atoms with Crippen molar-refractivity contribution in [3.63, 3.8) is 0 Å². The Labute approximate surface area is 160 Å². The predicted octanol–water partition coefficient (Wildman–Crippen LogP) is 1.99. The van der Waals surface area contributed by atoms with Crippen LogP contribution in [0.1, 0.15) is 28.7 Å². The summed E-state index contributed by atoms with van der Waals surface area (Å²) < 4.78 is 2.17. The lowest BCUT2D eigenvalue weighted by Gasteiger charge is -2.34. The summed E-state index contributed by atoms with van der Waals surface area (Å²) in [5, 5.41) is 2.81. The number of hydrogen-bond acceptors (Lipinski definition) is 3. The third-order valence-corrected chi connectivity index (χ3v) is 5.04. The minimum Gasteiger partial charge on any atom is -0.355 e. The van der Waals surface area contributed by atoms with Gasteiger partial charge >= 0.3 is 0 Å². The molecule has 1 aromatic carbocycles. The fraction of sp³-hybridized carbons (Fsp3) is 0.429. The minimum atomic E-state index is 0.0449. The van der Waals surface area contributed by atoms with Crippen LogP contribution < -0.4 is 5.32 Å². The van der Waals surface area contributed by atoms with Gasteiger partial charge in [0.25, 0.3) is 5.91 Å². The van der Waals surface area contributed by atoms with Crippen LogP contribution in [0.25, 0.3) is 5.69 Å². The lowest BCUT2D eigenvalue weighted by atomic mass is 10.1. The van der Waals surface area contributed by atoms with E-state index in [4.69, 9.17) is 0 Å². The van der Waals surface area contributed by atoms with E-state index < -0.39 is 0 Å². The highest BCUT2D eigenvalue weighted by Crippen LogP contribution is 2.18. The van der Waals surface area contributed by atoms with E-state index in [0.717, 1.165) is 18.8 Å². The molecule has 0 saturated carbocycles. The average molecular weight is 368 g/mol. The third kappa shape index (κ3) is 4.39. The summed E-state index contributed by atoms with van der Waals surface area (Å²) >= 11 is 0. The number of aromatic nitrogens is 1. The molecule has 0 bridgehead atoms. The zero-order valence-corrected chi connectivity index (χ0v) is 16.4. The van der Waals surface area contributed by atoms with E-state index in [1.54, 1.807) is 0 Å². The Bertz CT molecular complexity index is 783. The normalized spacial score (nSPS) is 15.0. The van der Waals surface area contributed by atoms with Crippen LogP contribution in [-0.4, -0.2) is 65.4 Å². The molecule has 1 N–H and O–H groups in total. The molecule has 2 amide bonds. The van der Waals surface area contributed by atoms with Crippen molar-refractivity contribution in [2.24, 2.45) is 0 Å². The number of rotatable bonds is 5. The molecule has 1 fully saturated rings. The van der Waals surface area contributed by atoms with Gasteiger partial charge in [0.1, 0.15) is 0 Å². The van der Waals surface area contributed by atoms with Crippen molar-refractivity contribution in [3.8, 4) is 5.69 Å². The van der Waals surface area contributed by atoms with Gasteiger partial charge in [0.05, 0.1) is 6.54 Å². The highest BCUT2D eigenvalue weighted by molar-refractivity contribution is 5.94. The van der Waals surface area contributed by atoms with Crippen LogP contribution in [0.3, 0.4) is 0 Å². The molecule has 1 aliphatic rings. The zero-order valence-electron chi connectivity index (χ0n) is 16.4. The molecule has 0 atom stereocenters. The first-order valence-corrected chi connectivity index (χ1v) is 9.53. The molecule has 0 unspecified atom stereocenters. The van der Waals surface area contributed by atoms with Crippen LogP contribution in [0.2, 0.25) is 0 Å². The quantitative estimate of drug-likeness (QED) is 0.878. The van der Waals surface area contributed by atoms with Gasteiger partial charge < -0.3 is 14.8 Å². The molecule has 1 aliphatic heterocycles. The topological polar surface area (TPSA) is 57.6 Å². The molecule has 1 saturated heterocycles. The van der Waals surface area contributed by atoms with E-state index in [9.17, 15) is 9.59 Å². The van der Waals surface area contributed by atoms with Crippen molar-refractivity contribution in [1.29, 1.82) is 0 Å². The van der Waals surface area contributed by atoms with E-state index in [1.165, 1.54) is 11.4 Å². The summed E-state index contributed by atoms with van der Waals surface area (Å²) in [5.41, 5.74) is 4.13. The van der Waals surface area contributed by atoms with Crippen molar-refractivity contribution in [2.45, 2.75) is 20.8 Å². The van der Waals surface area contributed by atoms with Gasteiger partial charge in [0.15, 0.2) is 0 Å². The van der Waals surface area contributed by atoms with Crippen LogP contribution in [0.15, 0.2) is 36.4 Å². The number of carbonyl (C=O) groups is 2. The molecule has 0 spiro atoms. The minimum absolute atomic E-state index is 0.0449. The SMILES string of the molecule is CCNC(=O)CN1CCN(C(=O)c2ccc(-n3c(C)ccc3C)cc2)CC1. The second kappa shape index (κ2) is 8.39. The van der Waals surface area contributed by atoms with E-state index in [-0.39, 0.29) is 11.8 Å². The number of piperazine rings is 1. The van der Waals surface area contributed by atoms with Crippen molar-refractivity contribution >= 4 is 11.8 Å². The summed E-state index contributed by atoms with van der Waals surface area (Å²) in [6.07, 6.45) is 0. The molecule has 144 valence electrons. The predicted molar refractivity (Wildman–Crippen MR) is 106 cm³/mol. The molecule has 6 heteroatoms. The Balaban J connectivity index is 1.60. The Morgan fingerprint density at radius 2 is 1.52 bits per heavy atom. The van der Waals surface area contributed by atoms with Crippen molar-refractivity contribution in [3.05, 3.63) is 53.3 Å². The molecule has 3 rings (SSSR count).